The largest absolute Gasteiger partial charge is 0.496 e. The van der Waals surface area contributed by atoms with Gasteiger partial charge in [-0.05, 0) is 20.3 Å². The van der Waals surface area contributed by atoms with E-state index in [0.29, 0.717) is 24.4 Å². The number of carboxylic acids is 1. The van der Waals surface area contributed by atoms with Crippen LogP contribution in [-0.4, -0.2) is 35.7 Å². The van der Waals surface area contributed by atoms with Gasteiger partial charge in [0.2, 0.25) is 0 Å². The third kappa shape index (κ3) is 4.94. The minimum absolute atomic E-state index is 0.0479. The smallest absolute Gasteiger partial charge is 0.303 e. The molecule has 0 atom stereocenters. The molecule has 1 aromatic carbocycles. The lowest BCUT2D eigenvalue weighted by Crippen LogP contribution is -2.32. The predicted molar refractivity (Wildman–Crippen MR) is 79.0 cm³/mol. The highest BCUT2D eigenvalue weighted by molar-refractivity contribution is 5.66. The van der Waals surface area contributed by atoms with E-state index in [0.717, 1.165) is 0 Å². The number of carboxylic acid groups (broad SMARTS) is 1. The topological polar surface area (TPSA) is 92.9 Å². The van der Waals surface area contributed by atoms with Crippen LogP contribution in [0.3, 0.4) is 0 Å². The van der Waals surface area contributed by atoms with Gasteiger partial charge in [-0.2, -0.15) is 0 Å². The molecule has 116 valence electrons. The van der Waals surface area contributed by atoms with Gasteiger partial charge in [-0.3, -0.25) is 14.9 Å². The van der Waals surface area contributed by atoms with E-state index in [1.807, 2.05) is 18.7 Å². The molecule has 0 saturated carbocycles. The van der Waals surface area contributed by atoms with E-state index in [4.69, 9.17) is 9.84 Å². The number of hydrogen-bond acceptors (Lipinski definition) is 5. The monoisotopic (exact) mass is 296 g/mol. The Kier molecular flexibility index (Phi) is 5.95. The van der Waals surface area contributed by atoms with Crippen molar-refractivity contribution in [2.75, 3.05) is 18.6 Å². The van der Waals surface area contributed by atoms with Crippen LogP contribution in [0.5, 0.6) is 5.75 Å². The summed E-state index contributed by atoms with van der Waals surface area (Å²) in [4.78, 5) is 23.0. The first-order valence-corrected chi connectivity index (χ1v) is 6.67. The molecule has 7 heteroatoms. The zero-order chi connectivity index (χ0) is 16.0. The maximum Gasteiger partial charge on any atom is 0.303 e. The summed E-state index contributed by atoms with van der Waals surface area (Å²) in [7, 11) is 1.45. The van der Waals surface area contributed by atoms with Crippen LogP contribution in [0.2, 0.25) is 0 Å². The molecule has 0 aliphatic heterocycles. The zero-order valence-electron chi connectivity index (χ0n) is 12.4. The number of nitro groups is 1. The molecular weight excluding hydrogens is 276 g/mol. The highest BCUT2D eigenvalue weighted by Gasteiger charge is 2.17. The van der Waals surface area contributed by atoms with Crippen LogP contribution >= 0.6 is 0 Å². The second kappa shape index (κ2) is 7.47. The van der Waals surface area contributed by atoms with Gasteiger partial charge in [0.1, 0.15) is 5.75 Å². The first kappa shape index (κ1) is 16.7. The second-order valence-electron chi connectivity index (χ2n) is 4.93. The Morgan fingerprint density at radius 3 is 2.57 bits per heavy atom. The summed E-state index contributed by atoms with van der Waals surface area (Å²) in [5.74, 6) is -0.446. The Balaban J connectivity index is 3.03. The molecule has 0 aromatic heterocycles. The Bertz CT molecular complexity index is 516. The van der Waals surface area contributed by atoms with Crippen LogP contribution < -0.4 is 9.64 Å². The quantitative estimate of drug-likeness (QED) is 0.585. The molecule has 0 saturated heterocycles. The van der Waals surface area contributed by atoms with Crippen molar-refractivity contribution in [2.24, 2.45) is 0 Å². The number of carbonyl (C=O) groups is 1. The SMILES string of the molecule is COc1cc(N(CCCC(=O)O)C(C)C)cc([N+](=O)[O-])c1. The van der Waals surface area contributed by atoms with Crippen LogP contribution in [0, 0.1) is 10.1 Å². The fourth-order valence-electron chi connectivity index (χ4n) is 2.04. The van der Waals surface area contributed by atoms with Gasteiger partial charge in [0.25, 0.3) is 5.69 Å². The lowest BCUT2D eigenvalue weighted by molar-refractivity contribution is -0.384. The number of aliphatic carboxylic acids is 1. The van der Waals surface area contributed by atoms with Crippen LogP contribution in [0.1, 0.15) is 26.7 Å². The van der Waals surface area contributed by atoms with E-state index < -0.39 is 10.9 Å². The summed E-state index contributed by atoms with van der Waals surface area (Å²) in [6.07, 6.45) is 0.536. The summed E-state index contributed by atoms with van der Waals surface area (Å²) in [5, 5.41) is 19.7. The number of non-ortho nitro benzene ring substituents is 1. The first-order chi connectivity index (χ1) is 9.85. The molecule has 0 amide bonds. The first-order valence-electron chi connectivity index (χ1n) is 6.67. The minimum Gasteiger partial charge on any atom is -0.496 e. The number of ether oxygens (including phenoxy) is 1. The molecule has 7 nitrogen and oxygen atoms in total. The van der Waals surface area contributed by atoms with Crippen molar-refractivity contribution in [1.82, 2.24) is 0 Å². The second-order valence-corrected chi connectivity index (χ2v) is 4.93. The van der Waals surface area contributed by atoms with Gasteiger partial charge in [-0.25, -0.2) is 0 Å². The molecule has 0 radical (unpaired) electrons. The predicted octanol–water partition coefficient (Wildman–Crippen LogP) is 2.68. The molecule has 21 heavy (non-hydrogen) atoms. The van der Waals surface area contributed by atoms with Crippen LogP contribution in [0.15, 0.2) is 18.2 Å². The molecule has 1 rings (SSSR count). The number of hydrogen-bond donors (Lipinski definition) is 1. The van der Waals surface area contributed by atoms with Crippen molar-refractivity contribution < 1.29 is 19.6 Å². The number of nitro benzene ring substituents is 1. The lowest BCUT2D eigenvalue weighted by Gasteiger charge is -2.29. The highest BCUT2D eigenvalue weighted by atomic mass is 16.6. The summed E-state index contributed by atoms with van der Waals surface area (Å²) < 4.78 is 5.09. The fraction of sp³-hybridized carbons (Fsp3) is 0.500. The molecule has 0 heterocycles. The van der Waals surface area contributed by atoms with Gasteiger partial charge in [0.15, 0.2) is 0 Å². The molecule has 0 aliphatic rings. The average molecular weight is 296 g/mol. The zero-order valence-corrected chi connectivity index (χ0v) is 12.4. The third-order valence-corrected chi connectivity index (χ3v) is 3.07. The molecule has 1 N–H and O–H groups in total. The number of rotatable bonds is 8. The summed E-state index contributed by atoms with van der Waals surface area (Å²) in [6, 6.07) is 4.64. The van der Waals surface area contributed by atoms with E-state index in [9.17, 15) is 14.9 Å². The maximum absolute atomic E-state index is 11.0. The van der Waals surface area contributed by atoms with E-state index in [1.165, 1.54) is 19.2 Å². The molecule has 1 aromatic rings. The normalized spacial score (nSPS) is 10.5. The Labute approximate surface area is 123 Å². The van der Waals surface area contributed by atoms with Gasteiger partial charge in [-0.15, -0.1) is 0 Å². The standard InChI is InChI=1S/C14H20N2O5/c1-10(2)15(6-4-5-14(17)18)11-7-12(16(19)20)9-13(8-11)21-3/h7-10H,4-6H2,1-3H3,(H,17,18). The lowest BCUT2D eigenvalue weighted by atomic mass is 10.2. The Morgan fingerprint density at radius 1 is 1.43 bits per heavy atom. The molecule has 0 unspecified atom stereocenters. The van der Waals surface area contributed by atoms with Crippen molar-refractivity contribution in [2.45, 2.75) is 32.7 Å². The Hall–Kier alpha value is -2.31. The summed E-state index contributed by atoms with van der Waals surface area (Å²) >= 11 is 0. The van der Waals surface area contributed by atoms with E-state index in [2.05, 4.69) is 0 Å². The highest BCUT2D eigenvalue weighted by Crippen LogP contribution is 2.29. The number of methoxy groups -OCH3 is 1. The van der Waals surface area contributed by atoms with Crippen LogP contribution in [0.25, 0.3) is 0 Å². The van der Waals surface area contributed by atoms with Crippen LogP contribution in [0.4, 0.5) is 11.4 Å². The van der Waals surface area contributed by atoms with E-state index in [1.54, 1.807) is 6.07 Å². The molecular formula is C14H20N2O5. The third-order valence-electron chi connectivity index (χ3n) is 3.07. The van der Waals surface area contributed by atoms with Gasteiger partial charge in [-0.1, -0.05) is 0 Å². The van der Waals surface area contributed by atoms with Gasteiger partial charge >= 0.3 is 5.97 Å². The average Bonchev–Trinajstić information content (AvgIpc) is 2.42. The molecule has 0 fully saturated rings. The summed E-state index contributed by atoms with van der Waals surface area (Å²) in [5.41, 5.74) is 0.606. The minimum atomic E-state index is -0.852. The fourth-order valence-corrected chi connectivity index (χ4v) is 2.04. The van der Waals surface area contributed by atoms with Gasteiger partial charge in [0.05, 0.1) is 18.1 Å². The number of nitrogens with zero attached hydrogens (tertiary/aromatic N) is 2. The van der Waals surface area contributed by atoms with Crippen molar-refractivity contribution in [3.63, 3.8) is 0 Å². The molecule has 0 spiro atoms. The summed E-state index contributed by atoms with van der Waals surface area (Å²) in [6.45, 7) is 4.41. The van der Waals surface area contributed by atoms with Gasteiger partial charge in [0, 0.05) is 36.8 Å². The Morgan fingerprint density at radius 2 is 2.10 bits per heavy atom. The van der Waals surface area contributed by atoms with Crippen molar-refractivity contribution in [3.05, 3.63) is 28.3 Å². The number of benzene rings is 1. The number of anilines is 1. The van der Waals surface area contributed by atoms with E-state index in [-0.39, 0.29) is 18.2 Å². The molecule has 0 bridgehead atoms. The molecule has 0 aliphatic carbocycles. The van der Waals surface area contributed by atoms with Crippen molar-refractivity contribution in [1.29, 1.82) is 0 Å². The van der Waals surface area contributed by atoms with Gasteiger partial charge < -0.3 is 14.7 Å². The maximum atomic E-state index is 11.0. The van der Waals surface area contributed by atoms with E-state index >= 15 is 0 Å². The van der Waals surface area contributed by atoms with Crippen molar-refractivity contribution >= 4 is 17.3 Å². The van der Waals surface area contributed by atoms with Crippen LogP contribution in [-0.2, 0) is 4.79 Å². The van der Waals surface area contributed by atoms with Crippen molar-refractivity contribution in [3.8, 4) is 5.75 Å².